The molecule has 1 amide bonds. The van der Waals surface area contributed by atoms with Crippen LogP contribution >= 0.6 is 0 Å². The fourth-order valence-electron chi connectivity index (χ4n) is 4.27. The zero-order valence-corrected chi connectivity index (χ0v) is 23.7. The molecule has 0 saturated carbocycles. The number of aliphatic imine (C=N–C) groups is 1. The summed E-state index contributed by atoms with van der Waals surface area (Å²) in [6, 6.07) is 18.0. The van der Waals surface area contributed by atoms with Crippen molar-refractivity contribution in [3.8, 4) is 5.75 Å². The molecule has 9 nitrogen and oxygen atoms in total. The van der Waals surface area contributed by atoms with Crippen LogP contribution in [0.4, 0.5) is 5.69 Å². The van der Waals surface area contributed by atoms with Gasteiger partial charge in [0.05, 0.1) is 17.9 Å². The summed E-state index contributed by atoms with van der Waals surface area (Å²) in [6.45, 7) is 9.36. The van der Waals surface area contributed by atoms with Crippen LogP contribution in [0.1, 0.15) is 49.5 Å². The van der Waals surface area contributed by atoms with E-state index in [1.54, 1.807) is 18.2 Å². The minimum Gasteiger partial charge on any atom is -0.491 e. The van der Waals surface area contributed by atoms with Crippen LogP contribution in [0.15, 0.2) is 65.7 Å². The molecule has 0 spiro atoms. The van der Waals surface area contributed by atoms with Crippen molar-refractivity contribution in [2.45, 2.75) is 46.1 Å². The largest absolute Gasteiger partial charge is 0.491 e. The molecule has 1 unspecified atom stereocenters. The number of nitrogens with zero attached hydrogens (tertiary/aromatic N) is 2. The number of rotatable bonds is 15. The fraction of sp³-hybridized carbons (Fsp3) is 0.387. The molecule has 214 valence electrons. The van der Waals surface area contributed by atoms with Gasteiger partial charge in [-0.1, -0.05) is 69.7 Å². The van der Waals surface area contributed by atoms with Gasteiger partial charge in [-0.15, -0.1) is 0 Å². The summed E-state index contributed by atoms with van der Waals surface area (Å²) in [5, 5.41) is 5.07. The highest BCUT2D eigenvalue weighted by Crippen LogP contribution is 2.28. The fourth-order valence-corrected chi connectivity index (χ4v) is 4.27. The second-order valence-electron chi connectivity index (χ2n) is 9.52. The van der Waals surface area contributed by atoms with Crippen molar-refractivity contribution in [1.29, 1.82) is 0 Å². The second-order valence-corrected chi connectivity index (χ2v) is 9.52. The number of likely N-dealkylation sites (N-methyl/N-ethyl adjacent to an activating group) is 1. The number of carbonyl (C=O) groups is 2. The highest BCUT2D eigenvalue weighted by atomic mass is 16.5. The molecule has 0 aliphatic carbocycles. The molecule has 0 aliphatic heterocycles. The standard InChI is InChI=1S/C31H41N5O4/c1-4-7-17-39-28-21-25(30(38)40-18-16-36(5-2)6-3)14-15-26(28)34-29(37)27(35-31(32)33)20-22-12-13-23-10-8-9-11-24(23)19-22/h8-15,19,21,27H,4-7,16-18,20H2,1-3H3,(H,34,37)(H4,32,33,35). The summed E-state index contributed by atoms with van der Waals surface area (Å²) < 4.78 is 11.4. The summed E-state index contributed by atoms with van der Waals surface area (Å²) >= 11 is 0. The molecular weight excluding hydrogens is 506 g/mol. The van der Waals surface area contributed by atoms with Crippen molar-refractivity contribution in [1.82, 2.24) is 4.90 Å². The Bertz CT molecular complexity index is 1300. The van der Waals surface area contributed by atoms with Gasteiger partial charge in [-0.05, 0) is 54.0 Å². The maximum Gasteiger partial charge on any atom is 0.338 e. The Hall–Kier alpha value is -4.11. The predicted octanol–water partition coefficient (Wildman–Crippen LogP) is 4.34. The van der Waals surface area contributed by atoms with Crippen molar-refractivity contribution in [3.63, 3.8) is 0 Å². The molecule has 0 aromatic heterocycles. The Morgan fingerprint density at radius 3 is 2.40 bits per heavy atom. The normalized spacial score (nSPS) is 11.7. The molecule has 1 atom stereocenters. The number of carbonyl (C=O) groups excluding carboxylic acids is 2. The Kier molecular flexibility index (Phi) is 11.8. The first-order chi connectivity index (χ1) is 19.3. The molecule has 9 heteroatoms. The van der Waals surface area contributed by atoms with E-state index in [1.807, 2.05) is 42.5 Å². The third-order valence-corrected chi connectivity index (χ3v) is 6.62. The van der Waals surface area contributed by atoms with Gasteiger partial charge in [0.15, 0.2) is 5.96 Å². The van der Waals surface area contributed by atoms with Crippen LogP contribution in [0, 0.1) is 0 Å². The monoisotopic (exact) mass is 547 g/mol. The molecule has 0 fully saturated rings. The van der Waals surface area contributed by atoms with Crippen LogP contribution in [-0.2, 0) is 16.0 Å². The van der Waals surface area contributed by atoms with Crippen LogP contribution in [0.2, 0.25) is 0 Å². The number of benzene rings is 3. The first-order valence-electron chi connectivity index (χ1n) is 13.9. The van der Waals surface area contributed by atoms with Gasteiger partial charge in [0, 0.05) is 13.0 Å². The highest BCUT2D eigenvalue weighted by molar-refractivity contribution is 5.99. The summed E-state index contributed by atoms with van der Waals surface area (Å²) in [5.74, 6) is -0.631. The van der Waals surface area contributed by atoms with Crippen LogP contribution in [0.3, 0.4) is 0 Å². The number of ether oxygens (including phenoxy) is 2. The number of fused-ring (bicyclic) bond motifs is 1. The molecule has 3 aromatic carbocycles. The zero-order chi connectivity index (χ0) is 28.9. The van der Waals surface area contributed by atoms with Crippen LogP contribution in [0.25, 0.3) is 10.8 Å². The predicted molar refractivity (Wildman–Crippen MR) is 161 cm³/mol. The lowest BCUT2D eigenvalue weighted by Gasteiger charge is -2.18. The van der Waals surface area contributed by atoms with Crippen molar-refractivity contribution < 1.29 is 19.1 Å². The summed E-state index contributed by atoms with van der Waals surface area (Å²) in [5.41, 5.74) is 13.1. The lowest BCUT2D eigenvalue weighted by molar-refractivity contribution is -0.117. The van der Waals surface area contributed by atoms with E-state index in [1.165, 1.54) is 0 Å². The summed E-state index contributed by atoms with van der Waals surface area (Å²) in [7, 11) is 0. The van der Waals surface area contributed by atoms with Gasteiger partial charge in [0.1, 0.15) is 18.4 Å². The molecule has 40 heavy (non-hydrogen) atoms. The van der Waals surface area contributed by atoms with Crippen LogP contribution in [-0.4, -0.2) is 61.6 Å². The molecule has 3 rings (SSSR count). The minimum absolute atomic E-state index is 0.178. The van der Waals surface area contributed by atoms with Crippen molar-refractivity contribution in [2.24, 2.45) is 16.5 Å². The maximum absolute atomic E-state index is 13.4. The second kappa shape index (κ2) is 15.5. The molecule has 0 radical (unpaired) electrons. The van der Waals surface area contributed by atoms with Gasteiger partial charge in [-0.3, -0.25) is 4.79 Å². The van der Waals surface area contributed by atoms with Gasteiger partial charge >= 0.3 is 5.97 Å². The Morgan fingerprint density at radius 2 is 1.70 bits per heavy atom. The van der Waals surface area contributed by atoms with E-state index in [-0.39, 0.29) is 5.96 Å². The van der Waals surface area contributed by atoms with E-state index in [0.29, 0.717) is 43.2 Å². The van der Waals surface area contributed by atoms with Gasteiger partial charge in [0.25, 0.3) is 0 Å². The van der Waals surface area contributed by atoms with Crippen molar-refractivity contribution >= 4 is 34.3 Å². The topological polar surface area (TPSA) is 132 Å². The average Bonchev–Trinajstić information content (AvgIpc) is 2.95. The van der Waals surface area contributed by atoms with Crippen molar-refractivity contribution in [3.05, 3.63) is 71.8 Å². The smallest absolute Gasteiger partial charge is 0.338 e. The first kappa shape index (κ1) is 30.4. The third kappa shape index (κ3) is 8.98. The summed E-state index contributed by atoms with van der Waals surface area (Å²) in [6.07, 6.45) is 2.06. The third-order valence-electron chi connectivity index (χ3n) is 6.62. The molecule has 5 N–H and O–H groups in total. The molecule has 3 aromatic rings. The Labute approximate surface area is 236 Å². The van der Waals surface area contributed by atoms with Gasteiger partial charge in [-0.2, -0.15) is 0 Å². The van der Waals surface area contributed by atoms with E-state index < -0.39 is 17.9 Å². The molecular formula is C31H41N5O4. The van der Waals surface area contributed by atoms with E-state index in [4.69, 9.17) is 20.9 Å². The number of esters is 1. The number of nitrogens with two attached hydrogens (primary N) is 2. The first-order valence-corrected chi connectivity index (χ1v) is 13.9. The molecule has 0 saturated heterocycles. The number of hydrogen-bond acceptors (Lipinski definition) is 6. The van der Waals surface area contributed by atoms with Gasteiger partial charge < -0.3 is 31.2 Å². The number of guanidine groups is 1. The summed E-state index contributed by atoms with van der Waals surface area (Å²) in [4.78, 5) is 32.5. The quantitative estimate of drug-likeness (QED) is 0.112. The van der Waals surface area contributed by atoms with E-state index in [2.05, 4.69) is 36.0 Å². The maximum atomic E-state index is 13.4. The van der Waals surface area contributed by atoms with Crippen LogP contribution in [0.5, 0.6) is 5.75 Å². The van der Waals surface area contributed by atoms with Crippen molar-refractivity contribution in [2.75, 3.05) is 38.2 Å². The Balaban J connectivity index is 1.78. The Morgan fingerprint density at radius 1 is 0.950 bits per heavy atom. The number of amides is 1. The number of nitrogens with one attached hydrogen (secondary N) is 1. The van der Waals surface area contributed by atoms with E-state index in [9.17, 15) is 9.59 Å². The number of unbranched alkanes of at least 4 members (excludes halogenated alkanes) is 1. The SMILES string of the molecule is CCCCOc1cc(C(=O)OCCN(CC)CC)ccc1NC(=O)C(Cc1ccc2ccccc2c1)N=C(N)N. The van der Waals surface area contributed by atoms with Gasteiger partial charge in [-0.25, -0.2) is 9.79 Å². The molecule has 0 bridgehead atoms. The lowest BCUT2D eigenvalue weighted by Crippen LogP contribution is -2.33. The number of hydrogen-bond donors (Lipinski definition) is 3. The molecule has 0 heterocycles. The average molecular weight is 548 g/mol. The van der Waals surface area contributed by atoms with Gasteiger partial charge in [0.2, 0.25) is 5.91 Å². The zero-order valence-electron chi connectivity index (χ0n) is 23.7. The molecule has 0 aliphatic rings. The van der Waals surface area contributed by atoms with E-state index in [0.717, 1.165) is 42.3 Å². The lowest BCUT2D eigenvalue weighted by atomic mass is 10.0. The van der Waals surface area contributed by atoms with Crippen LogP contribution < -0.4 is 21.5 Å². The minimum atomic E-state index is -0.862. The highest BCUT2D eigenvalue weighted by Gasteiger charge is 2.21. The number of anilines is 1. The van der Waals surface area contributed by atoms with E-state index >= 15 is 0 Å².